The molecule has 3 aromatic carbocycles. The van der Waals surface area contributed by atoms with Gasteiger partial charge in [0.2, 0.25) is 0 Å². The molecular weight excluding hydrogens is 460 g/mol. The van der Waals surface area contributed by atoms with Gasteiger partial charge in [0, 0.05) is 11.7 Å². The Balaban J connectivity index is 1.30. The third-order valence-corrected chi connectivity index (χ3v) is 6.51. The van der Waals surface area contributed by atoms with E-state index < -0.39 is 12.6 Å². The van der Waals surface area contributed by atoms with E-state index in [0.29, 0.717) is 16.7 Å². The number of imide groups is 1. The number of nitrogens with zero attached hydrogens (tertiary/aromatic N) is 2. The fourth-order valence-electron chi connectivity index (χ4n) is 4.80. The zero-order valence-electron chi connectivity index (χ0n) is 19.9. The van der Waals surface area contributed by atoms with Crippen LogP contribution >= 0.6 is 0 Å². The topological polar surface area (TPSA) is 93.2 Å². The van der Waals surface area contributed by atoms with Crippen LogP contribution in [0.25, 0.3) is 0 Å². The van der Waals surface area contributed by atoms with Crippen LogP contribution in [0.5, 0.6) is 5.75 Å². The van der Waals surface area contributed by atoms with E-state index in [2.05, 4.69) is 0 Å². The van der Waals surface area contributed by atoms with Gasteiger partial charge >= 0.3 is 5.97 Å². The number of carbonyl (C=O) groups excluding carboxylic acids is 4. The molecular formula is C28H24N2O6. The average molecular weight is 485 g/mol. The Morgan fingerprint density at radius 1 is 0.944 bits per heavy atom. The SMILES string of the molecule is COc1ccc(CN2C(=O)c3ccccc3C2=O)cc1C(=O)OCC(=O)N1c2ccccc2CC1C. The summed E-state index contributed by atoms with van der Waals surface area (Å²) in [6, 6.07) is 19.0. The third kappa shape index (κ3) is 4.00. The smallest absolute Gasteiger partial charge is 0.342 e. The summed E-state index contributed by atoms with van der Waals surface area (Å²) in [5, 5.41) is 0. The number of hydrogen-bond acceptors (Lipinski definition) is 6. The van der Waals surface area contributed by atoms with Gasteiger partial charge in [-0.05, 0) is 54.8 Å². The summed E-state index contributed by atoms with van der Waals surface area (Å²) >= 11 is 0. The van der Waals surface area contributed by atoms with Crippen LogP contribution < -0.4 is 9.64 Å². The van der Waals surface area contributed by atoms with Crippen molar-refractivity contribution in [2.75, 3.05) is 18.6 Å². The molecule has 2 heterocycles. The summed E-state index contributed by atoms with van der Waals surface area (Å²) in [4.78, 5) is 54.1. The second-order valence-electron chi connectivity index (χ2n) is 8.80. The van der Waals surface area contributed by atoms with Gasteiger partial charge in [0.15, 0.2) is 6.61 Å². The van der Waals surface area contributed by atoms with Crippen molar-refractivity contribution in [2.45, 2.75) is 25.9 Å². The Kier molecular flexibility index (Phi) is 6.01. The highest BCUT2D eigenvalue weighted by Gasteiger charge is 2.35. The van der Waals surface area contributed by atoms with Gasteiger partial charge in [-0.2, -0.15) is 0 Å². The molecule has 0 aliphatic carbocycles. The number of para-hydroxylation sites is 1. The first-order valence-electron chi connectivity index (χ1n) is 11.6. The number of anilines is 1. The van der Waals surface area contributed by atoms with Gasteiger partial charge in [0.25, 0.3) is 17.7 Å². The van der Waals surface area contributed by atoms with Gasteiger partial charge in [-0.3, -0.25) is 19.3 Å². The molecule has 1 unspecified atom stereocenters. The van der Waals surface area contributed by atoms with Gasteiger partial charge in [-0.15, -0.1) is 0 Å². The monoisotopic (exact) mass is 484 g/mol. The normalized spacial score (nSPS) is 16.1. The van der Waals surface area contributed by atoms with E-state index in [9.17, 15) is 19.2 Å². The quantitative estimate of drug-likeness (QED) is 0.392. The first-order chi connectivity index (χ1) is 17.4. The van der Waals surface area contributed by atoms with E-state index >= 15 is 0 Å². The van der Waals surface area contributed by atoms with Crippen LogP contribution in [0.2, 0.25) is 0 Å². The Bertz CT molecular complexity index is 1360. The standard InChI is InChI=1S/C28H24N2O6/c1-17-13-19-7-3-6-10-23(19)30(17)25(31)16-36-28(34)22-14-18(11-12-24(22)35-2)15-29-26(32)20-8-4-5-9-21(20)27(29)33/h3-12,14,17H,13,15-16H2,1-2H3. The minimum atomic E-state index is -0.732. The molecule has 2 aliphatic heterocycles. The van der Waals surface area contributed by atoms with E-state index in [1.807, 2.05) is 31.2 Å². The lowest BCUT2D eigenvalue weighted by Gasteiger charge is -2.22. The van der Waals surface area contributed by atoms with Crippen LogP contribution in [-0.4, -0.2) is 48.3 Å². The molecule has 8 heteroatoms. The van der Waals surface area contributed by atoms with Crippen molar-refractivity contribution in [1.82, 2.24) is 4.90 Å². The Morgan fingerprint density at radius 3 is 2.31 bits per heavy atom. The molecule has 0 fully saturated rings. The molecule has 0 aromatic heterocycles. The van der Waals surface area contributed by atoms with Gasteiger partial charge in [0.1, 0.15) is 11.3 Å². The number of carbonyl (C=O) groups is 4. The number of amides is 3. The molecule has 0 bridgehead atoms. The lowest BCUT2D eigenvalue weighted by atomic mass is 10.1. The lowest BCUT2D eigenvalue weighted by Crippen LogP contribution is -2.38. The molecule has 0 saturated heterocycles. The Labute approximate surface area is 208 Å². The van der Waals surface area contributed by atoms with Crippen LogP contribution in [-0.2, 0) is 22.5 Å². The maximum absolute atomic E-state index is 12.9. The van der Waals surface area contributed by atoms with Crippen molar-refractivity contribution in [3.8, 4) is 5.75 Å². The number of ether oxygens (including phenoxy) is 2. The Hall–Kier alpha value is -4.46. The molecule has 8 nitrogen and oxygen atoms in total. The van der Waals surface area contributed by atoms with Gasteiger partial charge in [-0.1, -0.05) is 36.4 Å². The van der Waals surface area contributed by atoms with Crippen molar-refractivity contribution in [2.24, 2.45) is 0 Å². The number of rotatable bonds is 6. The number of esters is 1. The number of hydrogen-bond donors (Lipinski definition) is 0. The minimum absolute atomic E-state index is 0.0162. The maximum atomic E-state index is 12.9. The van der Waals surface area contributed by atoms with Crippen molar-refractivity contribution >= 4 is 29.4 Å². The van der Waals surface area contributed by atoms with Crippen LogP contribution in [0.15, 0.2) is 66.7 Å². The molecule has 5 rings (SSSR count). The van der Waals surface area contributed by atoms with Gasteiger partial charge in [0.05, 0.1) is 24.8 Å². The average Bonchev–Trinajstić information content (AvgIpc) is 3.35. The fourth-order valence-corrected chi connectivity index (χ4v) is 4.80. The van der Waals surface area contributed by atoms with E-state index in [0.717, 1.165) is 22.6 Å². The summed E-state index contributed by atoms with van der Waals surface area (Å²) in [7, 11) is 1.42. The fraction of sp³-hybridized carbons (Fsp3) is 0.214. The van der Waals surface area contributed by atoms with E-state index in [-0.39, 0.29) is 41.6 Å². The highest BCUT2D eigenvalue weighted by atomic mass is 16.5. The van der Waals surface area contributed by atoms with Crippen molar-refractivity contribution in [3.63, 3.8) is 0 Å². The number of benzene rings is 3. The molecule has 36 heavy (non-hydrogen) atoms. The zero-order chi connectivity index (χ0) is 25.4. The molecule has 2 aliphatic rings. The van der Waals surface area contributed by atoms with E-state index in [1.54, 1.807) is 41.3 Å². The molecule has 0 spiro atoms. The van der Waals surface area contributed by atoms with Crippen molar-refractivity contribution in [1.29, 1.82) is 0 Å². The van der Waals surface area contributed by atoms with Crippen LogP contribution in [0.4, 0.5) is 5.69 Å². The maximum Gasteiger partial charge on any atom is 0.342 e. The second kappa shape index (κ2) is 9.30. The van der Waals surface area contributed by atoms with Crippen LogP contribution in [0, 0.1) is 0 Å². The minimum Gasteiger partial charge on any atom is -0.496 e. The van der Waals surface area contributed by atoms with E-state index in [4.69, 9.17) is 9.47 Å². The lowest BCUT2D eigenvalue weighted by molar-refractivity contribution is -0.122. The number of methoxy groups -OCH3 is 1. The summed E-state index contributed by atoms with van der Waals surface area (Å²) in [5.41, 5.74) is 3.26. The van der Waals surface area contributed by atoms with Gasteiger partial charge in [-0.25, -0.2) is 4.79 Å². The summed E-state index contributed by atoms with van der Waals surface area (Å²) < 4.78 is 10.7. The molecule has 182 valence electrons. The third-order valence-electron chi connectivity index (χ3n) is 6.51. The molecule has 3 amide bonds. The van der Waals surface area contributed by atoms with Crippen molar-refractivity contribution in [3.05, 3.63) is 94.5 Å². The molecule has 0 radical (unpaired) electrons. The molecule has 1 atom stereocenters. The summed E-state index contributed by atoms with van der Waals surface area (Å²) in [5.74, 6) is -1.56. The molecule has 0 N–H and O–H groups in total. The van der Waals surface area contributed by atoms with Crippen molar-refractivity contribution < 1.29 is 28.7 Å². The summed E-state index contributed by atoms with van der Waals surface area (Å²) in [6.45, 7) is 1.51. The predicted molar refractivity (Wildman–Crippen MR) is 131 cm³/mol. The molecule has 3 aromatic rings. The first kappa shape index (κ1) is 23.3. The summed E-state index contributed by atoms with van der Waals surface area (Å²) in [6.07, 6.45) is 0.740. The largest absolute Gasteiger partial charge is 0.496 e. The molecule has 0 saturated carbocycles. The van der Waals surface area contributed by atoms with Crippen LogP contribution in [0.3, 0.4) is 0 Å². The highest BCUT2D eigenvalue weighted by molar-refractivity contribution is 6.21. The van der Waals surface area contributed by atoms with E-state index in [1.165, 1.54) is 13.2 Å². The predicted octanol–water partition coefficient (Wildman–Crippen LogP) is 3.63. The van der Waals surface area contributed by atoms with Gasteiger partial charge < -0.3 is 14.4 Å². The van der Waals surface area contributed by atoms with Crippen LogP contribution in [0.1, 0.15) is 49.1 Å². The second-order valence-corrected chi connectivity index (χ2v) is 8.80. The number of fused-ring (bicyclic) bond motifs is 2. The zero-order valence-corrected chi connectivity index (χ0v) is 19.9. The Morgan fingerprint density at radius 2 is 1.61 bits per heavy atom. The highest BCUT2D eigenvalue weighted by Crippen LogP contribution is 2.32. The first-order valence-corrected chi connectivity index (χ1v) is 11.6.